The van der Waals surface area contributed by atoms with Crippen molar-refractivity contribution in [1.82, 2.24) is 9.97 Å². The summed E-state index contributed by atoms with van der Waals surface area (Å²) in [6, 6.07) is 19.3. The molecule has 0 saturated heterocycles. The van der Waals surface area contributed by atoms with Crippen LogP contribution in [0.25, 0.3) is 45.6 Å². The van der Waals surface area contributed by atoms with E-state index < -0.39 is 0 Å². The summed E-state index contributed by atoms with van der Waals surface area (Å²) in [7, 11) is 1.62. The Morgan fingerprint density at radius 2 is 1.18 bits per heavy atom. The maximum Gasteiger partial charge on any atom is 0.230 e. The van der Waals surface area contributed by atoms with Crippen molar-refractivity contribution in [2.24, 2.45) is 0 Å². The number of thiol groups is 2. The highest BCUT2D eigenvalue weighted by molar-refractivity contribution is 7.80. The molecular weight excluding hydrogens is 452 g/mol. The van der Waals surface area contributed by atoms with Crippen LogP contribution in [0, 0.1) is 6.92 Å². The number of ether oxygens (including phenoxy) is 1. The minimum Gasteiger partial charge on any atom is -0.496 e. The van der Waals surface area contributed by atoms with Crippen molar-refractivity contribution >= 4 is 25.3 Å². The van der Waals surface area contributed by atoms with Gasteiger partial charge in [-0.2, -0.15) is 0 Å². The van der Waals surface area contributed by atoms with E-state index >= 15 is 0 Å². The molecule has 5 aromatic rings. The van der Waals surface area contributed by atoms with Crippen LogP contribution in [-0.4, -0.2) is 17.1 Å². The van der Waals surface area contributed by atoms with Gasteiger partial charge in [0.2, 0.25) is 11.8 Å². The molecule has 7 heteroatoms. The lowest BCUT2D eigenvalue weighted by molar-refractivity contribution is 0.414. The lowest BCUT2D eigenvalue weighted by Crippen LogP contribution is -1.92. The molecule has 3 aromatic carbocycles. The van der Waals surface area contributed by atoms with Gasteiger partial charge >= 0.3 is 0 Å². The molecular formula is C26H20N2O3S2. The van der Waals surface area contributed by atoms with Crippen molar-refractivity contribution in [2.45, 2.75) is 16.7 Å². The zero-order valence-electron chi connectivity index (χ0n) is 17.9. The first-order chi connectivity index (χ1) is 16.0. The highest BCUT2D eigenvalue weighted by atomic mass is 32.1. The number of methoxy groups -OCH3 is 1. The van der Waals surface area contributed by atoms with Gasteiger partial charge in [0.05, 0.1) is 25.1 Å². The third-order valence-corrected chi connectivity index (χ3v) is 5.92. The fourth-order valence-corrected chi connectivity index (χ4v) is 3.87. The summed E-state index contributed by atoms with van der Waals surface area (Å²) < 4.78 is 17.8. The zero-order chi connectivity index (χ0) is 22.9. The van der Waals surface area contributed by atoms with E-state index in [-0.39, 0.29) is 0 Å². The SMILES string of the molecule is COc1cc(-c2ncc(-c3ccc(S)cc3)o2)c(C)cc1-c1ncc(-c2ccc(S)cc2)o1. The molecule has 0 bridgehead atoms. The van der Waals surface area contributed by atoms with E-state index in [4.69, 9.17) is 13.6 Å². The van der Waals surface area contributed by atoms with Crippen molar-refractivity contribution < 1.29 is 13.6 Å². The Hall–Kier alpha value is -3.42. The fourth-order valence-electron chi connectivity index (χ4n) is 3.57. The minimum atomic E-state index is 0.478. The van der Waals surface area contributed by atoms with E-state index in [9.17, 15) is 0 Å². The molecule has 0 radical (unpaired) electrons. The monoisotopic (exact) mass is 472 g/mol. The van der Waals surface area contributed by atoms with Crippen LogP contribution in [0.4, 0.5) is 0 Å². The van der Waals surface area contributed by atoms with E-state index in [1.807, 2.05) is 67.6 Å². The summed E-state index contributed by atoms with van der Waals surface area (Å²) in [5, 5.41) is 0. The van der Waals surface area contributed by atoms with Crippen LogP contribution in [0.3, 0.4) is 0 Å². The summed E-state index contributed by atoms with van der Waals surface area (Å²) >= 11 is 8.66. The molecule has 2 aromatic heterocycles. The second-order valence-electron chi connectivity index (χ2n) is 7.52. The molecule has 5 nitrogen and oxygen atoms in total. The van der Waals surface area contributed by atoms with E-state index in [1.54, 1.807) is 19.5 Å². The van der Waals surface area contributed by atoms with Crippen LogP contribution in [0.5, 0.6) is 5.75 Å². The third-order valence-electron chi connectivity index (χ3n) is 5.32. The topological polar surface area (TPSA) is 61.3 Å². The van der Waals surface area contributed by atoms with Crippen molar-refractivity contribution in [3.63, 3.8) is 0 Å². The normalized spacial score (nSPS) is 11.0. The smallest absolute Gasteiger partial charge is 0.230 e. The molecule has 0 aliphatic heterocycles. The predicted octanol–water partition coefficient (Wildman–Crippen LogP) is 7.23. The van der Waals surface area contributed by atoms with Gasteiger partial charge in [-0.3, -0.25) is 0 Å². The van der Waals surface area contributed by atoms with Crippen LogP contribution in [-0.2, 0) is 0 Å². The second-order valence-corrected chi connectivity index (χ2v) is 8.55. The lowest BCUT2D eigenvalue weighted by Gasteiger charge is -2.10. The van der Waals surface area contributed by atoms with Crippen LogP contribution >= 0.6 is 25.3 Å². The Bertz CT molecular complexity index is 1420. The number of aryl methyl sites for hydroxylation is 1. The number of hydrogen-bond acceptors (Lipinski definition) is 7. The molecule has 0 N–H and O–H groups in total. The van der Waals surface area contributed by atoms with Crippen LogP contribution < -0.4 is 4.74 Å². The molecule has 0 unspecified atom stereocenters. The van der Waals surface area contributed by atoms with Crippen LogP contribution in [0.15, 0.2) is 91.7 Å². The first kappa shape index (κ1) is 21.4. The first-order valence-electron chi connectivity index (χ1n) is 10.2. The molecule has 0 spiro atoms. The highest BCUT2D eigenvalue weighted by Gasteiger charge is 2.19. The van der Waals surface area contributed by atoms with Crippen molar-refractivity contribution in [3.8, 4) is 51.3 Å². The zero-order valence-corrected chi connectivity index (χ0v) is 19.7. The third kappa shape index (κ3) is 4.29. The molecule has 0 amide bonds. The van der Waals surface area contributed by atoms with Crippen molar-refractivity contribution in [2.75, 3.05) is 7.11 Å². The Morgan fingerprint density at radius 1 is 0.697 bits per heavy atom. The Kier molecular flexibility index (Phi) is 5.74. The van der Waals surface area contributed by atoms with Gasteiger partial charge in [0, 0.05) is 26.5 Å². The fraction of sp³-hybridized carbons (Fsp3) is 0.0769. The van der Waals surface area contributed by atoms with Gasteiger partial charge in [-0.05, 0) is 48.9 Å². The maximum absolute atomic E-state index is 6.06. The first-order valence-corrected chi connectivity index (χ1v) is 11.1. The maximum atomic E-state index is 6.06. The van der Waals surface area contributed by atoms with Gasteiger partial charge < -0.3 is 13.6 Å². The highest BCUT2D eigenvalue weighted by Crippen LogP contribution is 2.38. The lowest BCUT2D eigenvalue weighted by atomic mass is 10.0. The molecule has 0 aliphatic rings. The Labute approximate surface area is 202 Å². The van der Waals surface area contributed by atoms with Crippen molar-refractivity contribution in [3.05, 3.63) is 78.6 Å². The van der Waals surface area contributed by atoms with Gasteiger partial charge in [0.1, 0.15) is 5.75 Å². The molecule has 0 saturated carbocycles. The van der Waals surface area contributed by atoms with Crippen LogP contribution in [0.2, 0.25) is 0 Å². The number of benzene rings is 3. The van der Waals surface area contributed by atoms with Crippen LogP contribution in [0.1, 0.15) is 5.56 Å². The molecule has 2 heterocycles. The molecule has 0 atom stereocenters. The van der Waals surface area contributed by atoms with Crippen molar-refractivity contribution in [1.29, 1.82) is 0 Å². The molecule has 164 valence electrons. The summed E-state index contributed by atoms with van der Waals surface area (Å²) in [5.41, 5.74) is 4.42. The number of rotatable bonds is 5. The Balaban J connectivity index is 1.50. The van der Waals surface area contributed by atoms with E-state index in [0.29, 0.717) is 29.1 Å². The summed E-state index contributed by atoms with van der Waals surface area (Å²) in [6.07, 6.45) is 3.43. The Morgan fingerprint density at radius 3 is 1.67 bits per heavy atom. The molecule has 33 heavy (non-hydrogen) atoms. The number of hydrogen-bond donors (Lipinski definition) is 2. The molecule has 0 aliphatic carbocycles. The van der Waals surface area contributed by atoms with Gasteiger partial charge in [0.25, 0.3) is 0 Å². The largest absolute Gasteiger partial charge is 0.496 e. The molecule has 5 rings (SSSR count). The average molecular weight is 473 g/mol. The number of aromatic nitrogens is 2. The van der Waals surface area contributed by atoms with E-state index in [1.165, 1.54) is 0 Å². The minimum absolute atomic E-state index is 0.478. The summed E-state index contributed by atoms with van der Waals surface area (Å²) in [6.45, 7) is 1.99. The van der Waals surface area contributed by atoms with Gasteiger partial charge in [0.15, 0.2) is 11.5 Å². The van der Waals surface area contributed by atoms with Gasteiger partial charge in [-0.15, -0.1) is 25.3 Å². The van der Waals surface area contributed by atoms with E-state index in [0.717, 1.165) is 37.6 Å². The number of nitrogens with zero attached hydrogens (tertiary/aromatic N) is 2. The quantitative estimate of drug-likeness (QED) is 0.264. The van der Waals surface area contributed by atoms with Gasteiger partial charge in [-0.1, -0.05) is 24.3 Å². The average Bonchev–Trinajstić information content (AvgIpc) is 3.50. The predicted molar refractivity (Wildman–Crippen MR) is 134 cm³/mol. The summed E-state index contributed by atoms with van der Waals surface area (Å²) in [4.78, 5) is 10.7. The standard InChI is InChI=1S/C26H20N2O3S2/c1-15-11-21(26-28-14-24(31-26)17-5-9-19(33)10-6-17)22(29-2)12-20(15)25-27-13-23(30-25)16-3-7-18(32)8-4-16/h3-14,32-33H,1-2H3. The van der Waals surface area contributed by atoms with Gasteiger partial charge in [-0.25, -0.2) is 9.97 Å². The second kappa shape index (κ2) is 8.84. The molecule has 0 fully saturated rings. The number of oxazole rings is 2. The summed E-state index contributed by atoms with van der Waals surface area (Å²) in [5.74, 6) is 2.97. The van der Waals surface area contributed by atoms with E-state index in [2.05, 4.69) is 35.2 Å².